The van der Waals surface area contributed by atoms with E-state index in [-0.39, 0.29) is 11.8 Å². The Morgan fingerprint density at radius 3 is 2.21 bits per heavy atom. The Labute approximate surface area is 170 Å². The standard InChI is InChI=1S/C26H25F3/c27-26(28,29)23-13-7-12-22(18-23)25-17-20(15-14-19-8-3-1-4-9-19)16-24(25)21-10-5-2-6-11-21/h1-8,10-15,18-20,24-25H,9,16-17H2/b15-14+. The van der Waals surface area contributed by atoms with Crippen molar-refractivity contribution in [1.29, 1.82) is 0 Å². The van der Waals surface area contributed by atoms with Crippen molar-refractivity contribution in [2.75, 3.05) is 0 Å². The summed E-state index contributed by atoms with van der Waals surface area (Å²) in [7, 11) is 0. The van der Waals surface area contributed by atoms with E-state index in [9.17, 15) is 13.2 Å². The largest absolute Gasteiger partial charge is 0.416 e. The Morgan fingerprint density at radius 2 is 1.52 bits per heavy atom. The van der Waals surface area contributed by atoms with Crippen molar-refractivity contribution >= 4 is 0 Å². The lowest BCUT2D eigenvalue weighted by Crippen LogP contribution is -2.09. The highest BCUT2D eigenvalue weighted by Gasteiger charge is 2.37. The van der Waals surface area contributed by atoms with Gasteiger partial charge in [0.25, 0.3) is 0 Å². The van der Waals surface area contributed by atoms with Crippen molar-refractivity contribution < 1.29 is 13.2 Å². The van der Waals surface area contributed by atoms with Crippen molar-refractivity contribution in [2.24, 2.45) is 11.8 Å². The Balaban J connectivity index is 1.60. The molecule has 29 heavy (non-hydrogen) atoms. The molecule has 0 bridgehead atoms. The average molecular weight is 394 g/mol. The van der Waals surface area contributed by atoms with E-state index in [1.807, 2.05) is 24.3 Å². The van der Waals surface area contributed by atoms with Crippen LogP contribution in [0.3, 0.4) is 0 Å². The van der Waals surface area contributed by atoms with Gasteiger partial charge >= 0.3 is 6.18 Å². The molecule has 0 heterocycles. The van der Waals surface area contributed by atoms with Gasteiger partial charge in [-0.05, 0) is 60.1 Å². The molecule has 4 unspecified atom stereocenters. The predicted octanol–water partition coefficient (Wildman–Crippen LogP) is 7.67. The molecule has 0 spiro atoms. The second-order valence-corrected chi connectivity index (χ2v) is 8.08. The van der Waals surface area contributed by atoms with Crippen molar-refractivity contribution in [3.8, 4) is 0 Å². The van der Waals surface area contributed by atoms with E-state index < -0.39 is 11.7 Å². The SMILES string of the molecule is FC(F)(F)c1cccc(C2CC(/C=C/C3C=CC=CC3)CC2c2ccccc2)c1. The quantitative estimate of drug-likeness (QED) is 0.467. The molecule has 2 aliphatic rings. The minimum atomic E-state index is -4.31. The van der Waals surface area contributed by atoms with Gasteiger partial charge in [-0.15, -0.1) is 0 Å². The van der Waals surface area contributed by atoms with Crippen LogP contribution in [0.1, 0.15) is 47.8 Å². The number of allylic oxidation sites excluding steroid dienone is 6. The molecule has 3 heteroatoms. The first-order valence-corrected chi connectivity index (χ1v) is 10.2. The molecule has 0 radical (unpaired) electrons. The molecule has 0 saturated heterocycles. The number of hydrogen-bond acceptors (Lipinski definition) is 0. The molecule has 2 aliphatic carbocycles. The second-order valence-electron chi connectivity index (χ2n) is 8.08. The van der Waals surface area contributed by atoms with Crippen LogP contribution in [0.4, 0.5) is 13.2 Å². The molecule has 4 rings (SSSR count). The maximum Gasteiger partial charge on any atom is 0.416 e. The summed E-state index contributed by atoms with van der Waals surface area (Å²) < 4.78 is 39.8. The van der Waals surface area contributed by atoms with E-state index in [1.165, 1.54) is 11.6 Å². The number of halogens is 3. The molecule has 1 saturated carbocycles. The van der Waals surface area contributed by atoms with Crippen LogP contribution in [0.5, 0.6) is 0 Å². The summed E-state index contributed by atoms with van der Waals surface area (Å²) in [6.07, 6.45) is 11.6. The second kappa shape index (κ2) is 8.44. The number of benzene rings is 2. The van der Waals surface area contributed by atoms with Crippen LogP contribution in [-0.2, 0) is 6.18 Å². The van der Waals surface area contributed by atoms with Crippen LogP contribution in [0.25, 0.3) is 0 Å². The van der Waals surface area contributed by atoms with Gasteiger partial charge in [-0.1, -0.05) is 85.0 Å². The predicted molar refractivity (Wildman–Crippen MR) is 112 cm³/mol. The highest BCUT2D eigenvalue weighted by Crippen LogP contribution is 2.50. The van der Waals surface area contributed by atoms with Crippen LogP contribution >= 0.6 is 0 Å². The van der Waals surface area contributed by atoms with Crippen LogP contribution in [0, 0.1) is 11.8 Å². The van der Waals surface area contributed by atoms with Crippen molar-refractivity contribution in [1.82, 2.24) is 0 Å². The summed E-state index contributed by atoms with van der Waals surface area (Å²) in [6, 6.07) is 16.1. The minimum Gasteiger partial charge on any atom is -0.166 e. The Kier molecular flexibility index (Phi) is 5.75. The maximum absolute atomic E-state index is 13.3. The van der Waals surface area contributed by atoms with Crippen molar-refractivity contribution in [3.63, 3.8) is 0 Å². The van der Waals surface area contributed by atoms with Crippen LogP contribution in [0.15, 0.2) is 91.1 Å². The third kappa shape index (κ3) is 4.72. The van der Waals surface area contributed by atoms with Gasteiger partial charge in [0.1, 0.15) is 0 Å². The average Bonchev–Trinajstić information content (AvgIpc) is 3.18. The van der Waals surface area contributed by atoms with Crippen LogP contribution < -0.4 is 0 Å². The van der Waals surface area contributed by atoms with E-state index in [0.717, 1.165) is 30.9 Å². The van der Waals surface area contributed by atoms with Gasteiger partial charge < -0.3 is 0 Å². The maximum atomic E-state index is 13.3. The summed E-state index contributed by atoms with van der Waals surface area (Å²) in [5.41, 5.74) is 1.45. The number of alkyl halides is 3. The zero-order chi connectivity index (χ0) is 20.3. The lowest BCUT2D eigenvalue weighted by Gasteiger charge is -2.21. The lowest BCUT2D eigenvalue weighted by molar-refractivity contribution is -0.137. The van der Waals surface area contributed by atoms with Crippen molar-refractivity contribution in [3.05, 3.63) is 108 Å². The molecule has 0 N–H and O–H groups in total. The third-order valence-electron chi connectivity index (χ3n) is 6.11. The molecule has 0 aromatic heterocycles. The van der Waals surface area contributed by atoms with Gasteiger partial charge in [-0.25, -0.2) is 0 Å². The van der Waals surface area contributed by atoms with Gasteiger partial charge in [0.2, 0.25) is 0 Å². The normalized spacial score (nSPS) is 27.0. The van der Waals surface area contributed by atoms with Crippen molar-refractivity contribution in [2.45, 2.75) is 37.3 Å². The van der Waals surface area contributed by atoms with E-state index in [2.05, 4.69) is 48.6 Å². The molecule has 0 nitrogen and oxygen atoms in total. The fourth-order valence-corrected chi connectivity index (χ4v) is 4.66. The van der Waals surface area contributed by atoms with Gasteiger partial charge in [0.05, 0.1) is 5.56 Å². The highest BCUT2D eigenvalue weighted by molar-refractivity contribution is 5.35. The first kappa shape index (κ1) is 19.8. The Morgan fingerprint density at radius 1 is 0.793 bits per heavy atom. The van der Waals surface area contributed by atoms with E-state index in [1.54, 1.807) is 6.07 Å². The summed E-state index contributed by atoms with van der Waals surface area (Å²) in [4.78, 5) is 0. The third-order valence-corrected chi connectivity index (χ3v) is 6.11. The highest BCUT2D eigenvalue weighted by atomic mass is 19.4. The first-order valence-electron chi connectivity index (χ1n) is 10.2. The molecule has 150 valence electrons. The minimum absolute atomic E-state index is 0.0937. The molecule has 4 atom stereocenters. The van der Waals surface area contributed by atoms with Gasteiger partial charge in [0.15, 0.2) is 0 Å². The van der Waals surface area contributed by atoms with E-state index in [4.69, 9.17) is 0 Å². The molecule has 1 fully saturated rings. The molecule has 2 aromatic rings. The summed E-state index contributed by atoms with van der Waals surface area (Å²) in [6.45, 7) is 0. The zero-order valence-electron chi connectivity index (χ0n) is 16.2. The van der Waals surface area contributed by atoms with E-state index >= 15 is 0 Å². The fraction of sp³-hybridized carbons (Fsp3) is 0.308. The summed E-state index contributed by atoms with van der Waals surface area (Å²) in [5, 5.41) is 0. The number of rotatable bonds is 4. The lowest BCUT2D eigenvalue weighted by atomic mass is 9.83. The van der Waals surface area contributed by atoms with Crippen LogP contribution in [0.2, 0.25) is 0 Å². The summed E-state index contributed by atoms with van der Waals surface area (Å²) in [5.74, 6) is 1.12. The van der Waals surface area contributed by atoms with Gasteiger partial charge in [-0.2, -0.15) is 13.2 Å². The molecular weight excluding hydrogens is 369 g/mol. The first-order chi connectivity index (χ1) is 14.0. The van der Waals surface area contributed by atoms with Gasteiger partial charge in [-0.3, -0.25) is 0 Å². The monoisotopic (exact) mass is 394 g/mol. The van der Waals surface area contributed by atoms with Gasteiger partial charge in [0, 0.05) is 0 Å². The molecule has 2 aromatic carbocycles. The molecule has 0 aliphatic heterocycles. The topological polar surface area (TPSA) is 0 Å². The smallest absolute Gasteiger partial charge is 0.166 e. The molecule has 0 amide bonds. The van der Waals surface area contributed by atoms with Crippen LogP contribution in [-0.4, -0.2) is 0 Å². The van der Waals surface area contributed by atoms with E-state index in [0.29, 0.717) is 11.8 Å². The fourth-order valence-electron chi connectivity index (χ4n) is 4.66. The summed E-state index contributed by atoms with van der Waals surface area (Å²) >= 11 is 0. The Hall–Kier alpha value is -2.55. The Bertz CT molecular complexity index is 905. The molecular formula is C26H25F3. The zero-order valence-corrected chi connectivity index (χ0v) is 16.2. The number of hydrogen-bond donors (Lipinski definition) is 0.